The minimum atomic E-state index is -3.52. The van der Waals surface area contributed by atoms with Crippen LogP contribution in [0.1, 0.15) is 19.4 Å². The number of benzene rings is 1. The highest BCUT2D eigenvalue weighted by atomic mass is 32.2. The van der Waals surface area contributed by atoms with Crippen LogP contribution in [0.3, 0.4) is 0 Å². The van der Waals surface area contributed by atoms with Crippen LogP contribution in [0, 0.1) is 13.8 Å². The van der Waals surface area contributed by atoms with Gasteiger partial charge >= 0.3 is 0 Å². The molecule has 2 aromatic heterocycles. The smallest absolute Gasteiger partial charge is 0.265 e. The number of carbonyl (C=O) groups is 1. The molecule has 4 rings (SSSR count). The molecule has 0 atom stereocenters. The molecule has 1 fully saturated rings. The van der Waals surface area contributed by atoms with Gasteiger partial charge in [0.1, 0.15) is 9.88 Å². The quantitative estimate of drug-likeness (QED) is 0.612. The SMILES string of the molecule is Cc1cc(S(=O)(=O)N2CCN(C(=O)c3cnc(-c4ccccc4)s3)CC2)c(C)s1. The van der Waals surface area contributed by atoms with E-state index in [1.807, 2.05) is 44.2 Å². The molecular formula is C20H21N3O3S3. The van der Waals surface area contributed by atoms with E-state index in [2.05, 4.69) is 4.98 Å². The molecule has 1 saturated heterocycles. The highest BCUT2D eigenvalue weighted by Crippen LogP contribution is 2.29. The lowest BCUT2D eigenvalue weighted by Gasteiger charge is -2.33. The summed E-state index contributed by atoms with van der Waals surface area (Å²) >= 11 is 2.85. The number of aromatic nitrogens is 1. The zero-order valence-electron chi connectivity index (χ0n) is 16.2. The monoisotopic (exact) mass is 447 g/mol. The van der Waals surface area contributed by atoms with E-state index in [1.54, 1.807) is 17.2 Å². The number of rotatable bonds is 4. The average molecular weight is 448 g/mol. The predicted molar refractivity (Wildman–Crippen MR) is 116 cm³/mol. The summed E-state index contributed by atoms with van der Waals surface area (Å²) < 4.78 is 27.4. The van der Waals surface area contributed by atoms with Gasteiger partial charge in [0.25, 0.3) is 5.91 Å². The molecule has 152 valence electrons. The van der Waals surface area contributed by atoms with Crippen molar-refractivity contribution in [3.8, 4) is 10.6 Å². The second-order valence-corrected chi connectivity index (χ2v) is 11.3. The van der Waals surface area contributed by atoms with E-state index >= 15 is 0 Å². The van der Waals surface area contributed by atoms with Gasteiger partial charge in [0.05, 0.1) is 11.1 Å². The number of piperazine rings is 1. The lowest BCUT2D eigenvalue weighted by Crippen LogP contribution is -2.50. The maximum Gasteiger partial charge on any atom is 0.265 e. The Kier molecular flexibility index (Phi) is 5.56. The van der Waals surface area contributed by atoms with E-state index in [9.17, 15) is 13.2 Å². The largest absolute Gasteiger partial charge is 0.335 e. The Bertz CT molecular complexity index is 1130. The highest BCUT2D eigenvalue weighted by Gasteiger charge is 2.32. The summed E-state index contributed by atoms with van der Waals surface area (Å²) in [6, 6.07) is 11.5. The standard InChI is InChI=1S/C20H21N3O3S3/c1-14-12-18(15(2)27-14)29(25,26)23-10-8-22(9-11-23)20(24)17-13-21-19(28-17)16-6-4-3-5-7-16/h3-7,12-13H,8-11H2,1-2H3. The van der Waals surface area contributed by atoms with Gasteiger partial charge < -0.3 is 4.90 Å². The molecule has 1 aliphatic heterocycles. The van der Waals surface area contributed by atoms with Crippen LogP contribution in [0.15, 0.2) is 47.5 Å². The molecule has 0 bridgehead atoms. The molecule has 0 aliphatic carbocycles. The molecule has 3 heterocycles. The maximum atomic E-state index is 12.9. The Balaban J connectivity index is 1.44. The minimum absolute atomic E-state index is 0.0933. The Hall–Kier alpha value is -2.07. The van der Waals surface area contributed by atoms with Crippen LogP contribution in [0.25, 0.3) is 10.6 Å². The molecule has 0 spiro atoms. The lowest BCUT2D eigenvalue weighted by molar-refractivity contribution is 0.0702. The van der Waals surface area contributed by atoms with Crippen LogP contribution < -0.4 is 0 Å². The van der Waals surface area contributed by atoms with Crippen LogP contribution >= 0.6 is 22.7 Å². The fourth-order valence-corrected chi connectivity index (χ4v) is 7.21. The average Bonchev–Trinajstić information content (AvgIpc) is 3.35. The molecule has 0 N–H and O–H groups in total. The van der Waals surface area contributed by atoms with Crippen LogP contribution in [0.2, 0.25) is 0 Å². The summed E-state index contributed by atoms with van der Waals surface area (Å²) in [5.41, 5.74) is 0.980. The van der Waals surface area contributed by atoms with Gasteiger partial charge in [-0.3, -0.25) is 4.79 Å². The Labute approximate surface area is 178 Å². The van der Waals surface area contributed by atoms with Crippen molar-refractivity contribution < 1.29 is 13.2 Å². The molecular weight excluding hydrogens is 426 g/mol. The van der Waals surface area contributed by atoms with E-state index in [4.69, 9.17) is 0 Å². The Morgan fingerprint density at radius 2 is 1.72 bits per heavy atom. The van der Waals surface area contributed by atoms with Crippen molar-refractivity contribution in [2.24, 2.45) is 0 Å². The van der Waals surface area contributed by atoms with Crippen molar-refractivity contribution in [2.75, 3.05) is 26.2 Å². The number of aryl methyl sites for hydroxylation is 2. The number of nitrogens with zero attached hydrogens (tertiary/aromatic N) is 3. The van der Waals surface area contributed by atoms with Gasteiger partial charge in [-0.1, -0.05) is 30.3 Å². The first-order valence-corrected chi connectivity index (χ1v) is 12.3. The van der Waals surface area contributed by atoms with Crippen molar-refractivity contribution in [1.29, 1.82) is 0 Å². The van der Waals surface area contributed by atoms with Crippen molar-refractivity contribution >= 4 is 38.6 Å². The molecule has 6 nitrogen and oxygen atoms in total. The zero-order valence-corrected chi connectivity index (χ0v) is 18.6. The first-order valence-electron chi connectivity index (χ1n) is 9.24. The van der Waals surface area contributed by atoms with E-state index in [0.29, 0.717) is 36.0 Å². The number of hydrogen-bond donors (Lipinski definition) is 0. The van der Waals surface area contributed by atoms with Crippen LogP contribution in [0.5, 0.6) is 0 Å². The Morgan fingerprint density at radius 1 is 1.03 bits per heavy atom. The van der Waals surface area contributed by atoms with Crippen molar-refractivity contribution in [3.63, 3.8) is 0 Å². The molecule has 0 radical (unpaired) electrons. The number of amides is 1. The lowest BCUT2D eigenvalue weighted by atomic mass is 10.2. The van der Waals surface area contributed by atoms with Gasteiger partial charge in [-0.25, -0.2) is 13.4 Å². The first kappa shape index (κ1) is 20.2. The van der Waals surface area contributed by atoms with Crippen LogP contribution in [-0.2, 0) is 10.0 Å². The molecule has 1 aromatic carbocycles. The number of thiazole rings is 1. The van der Waals surface area contributed by atoms with Crippen LogP contribution in [0.4, 0.5) is 0 Å². The summed E-state index contributed by atoms with van der Waals surface area (Å²) in [4.78, 5) is 21.7. The summed E-state index contributed by atoms with van der Waals surface area (Å²) in [5, 5.41) is 0.804. The fraction of sp³-hybridized carbons (Fsp3) is 0.300. The molecule has 1 aliphatic rings. The fourth-order valence-electron chi connectivity index (χ4n) is 3.38. The topological polar surface area (TPSA) is 70.6 Å². The van der Waals surface area contributed by atoms with Crippen LogP contribution in [-0.4, -0.2) is 54.7 Å². The van der Waals surface area contributed by atoms with Crippen molar-refractivity contribution in [3.05, 3.63) is 57.2 Å². The van der Waals surface area contributed by atoms with E-state index in [0.717, 1.165) is 20.3 Å². The maximum absolute atomic E-state index is 12.9. The summed E-state index contributed by atoms with van der Waals surface area (Å²) in [5.74, 6) is -0.0933. The van der Waals surface area contributed by atoms with Gasteiger partial charge in [-0.15, -0.1) is 22.7 Å². The van der Waals surface area contributed by atoms with E-state index in [1.165, 1.54) is 27.0 Å². The normalized spacial score (nSPS) is 15.6. The highest BCUT2D eigenvalue weighted by molar-refractivity contribution is 7.89. The number of hydrogen-bond acceptors (Lipinski definition) is 6. The summed E-state index contributed by atoms with van der Waals surface area (Å²) in [7, 11) is -3.52. The molecule has 0 unspecified atom stereocenters. The van der Waals surface area contributed by atoms with Gasteiger partial charge in [0.2, 0.25) is 10.0 Å². The third-order valence-electron chi connectivity index (χ3n) is 4.88. The third kappa shape index (κ3) is 4.00. The number of carbonyl (C=O) groups excluding carboxylic acids is 1. The molecule has 3 aromatic rings. The first-order chi connectivity index (χ1) is 13.9. The van der Waals surface area contributed by atoms with E-state index in [-0.39, 0.29) is 5.91 Å². The molecule has 1 amide bonds. The minimum Gasteiger partial charge on any atom is -0.335 e. The summed E-state index contributed by atoms with van der Waals surface area (Å²) in [6.45, 7) is 5.08. The molecule has 0 saturated carbocycles. The molecule has 9 heteroatoms. The predicted octanol–water partition coefficient (Wildman–Crippen LogP) is 3.64. The van der Waals surface area contributed by atoms with Gasteiger partial charge in [-0.05, 0) is 19.9 Å². The van der Waals surface area contributed by atoms with Gasteiger partial charge in [0, 0.05) is 41.5 Å². The second-order valence-electron chi connectivity index (χ2n) is 6.87. The summed E-state index contributed by atoms with van der Waals surface area (Å²) in [6.07, 6.45) is 1.61. The Morgan fingerprint density at radius 3 is 2.34 bits per heavy atom. The van der Waals surface area contributed by atoms with Gasteiger partial charge in [-0.2, -0.15) is 4.31 Å². The van der Waals surface area contributed by atoms with Gasteiger partial charge in [0.15, 0.2) is 0 Å². The zero-order chi connectivity index (χ0) is 20.6. The number of sulfonamides is 1. The van der Waals surface area contributed by atoms with Crippen molar-refractivity contribution in [2.45, 2.75) is 18.7 Å². The van der Waals surface area contributed by atoms with Crippen molar-refractivity contribution in [1.82, 2.24) is 14.2 Å². The number of thiophene rings is 1. The second kappa shape index (κ2) is 7.98. The van der Waals surface area contributed by atoms with E-state index < -0.39 is 10.0 Å². The molecule has 29 heavy (non-hydrogen) atoms. The third-order valence-corrected chi connectivity index (χ3v) is 9.03.